The second kappa shape index (κ2) is 6.64. The molecule has 0 aromatic heterocycles. The molecule has 0 unspecified atom stereocenters. The molecule has 3 rings (SSSR count). The molecular weight excluding hydrogens is 260 g/mol. The molecule has 0 aliphatic carbocycles. The maximum atomic E-state index is 6.07. The van der Waals surface area contributed by atoms with E-state index in [1.807, 2.05) is 6.07 Å². The average Bonchev–Trinajstić information content (AvgIpc) is 2.54. The summed E-state index contributed by atoms with van der Waals surface area (Å²) in [7, 11) is 0. The highest BCUT2D eigenvalue weighted by atomic mass is 16.5. The van der Waals surface area contributed by atoms with Gasteiger partial charge in [0.05, 0.1) is 5.69 Å². The Hall–Kier alpha value is -2.00. The molecule has 0 saturated carbocycles. The number of nitrogens with zero attached hydrogens (tertiary/aromatic N) is 1. The Bertz CT molecular complexity index is 591. The lowest BCUT2D eigenvalue weighted by molar-refractivity contribution is 0.306. The van der Waals surface area contributed by atoms with Gasteiger partial charge in [-0.15, -0.1) is 0 Å². The average molecular weight is 282 g/mol. The van der Waals surface area contributed by atoms with Crippen molar-refractivity contribution in [3.05, 3.63) is 59.7 Å². The third-order valence-corrected chi connectivity index (χ3v) is 3.80. The van der Waals surface area contributed by atoms with Gasteiger partial charge in [-0.25, -0.2) is 0 Å². The van der Waals surface area contributed by atoms with Crippen LogP contribution in [0.1, 0.15) is 11.1 Å². The van der Waals surface area contributed by atoms with Crippen molar-refractivity contribution in [3.8, 4) is 5.75 Å². The first-order valence-electron chi connectivity index (χ1n) is 7.56. The van der Waals surface area contributed by atoms with Gasteiger partial charge in [0.25, 0.3) is 0 Å². The smallest absolute Gasteiger partial charge is 0.143 e. The van der Waals surface area contributed by atoms with Crippen LogP contribution < -0.4 is 15.0 Å². The number of anilines is 1. The summed E-state index contributed by atoms with van der Waals surface area (Å²) < 4.78 is 6.07. The Labute approximate surface area is 126 Å². The van der Waals surface area contributed by atoms with Crippen molar-refractivity contribution in [3.63, 3.8) is 0 Å². The van der Waals surface area contributed by atoms with Gasteiger partial charge in [0.1, 0.15) is 12.4 Å². The fourth-order valence-corrected chi connectivity index (χ4v) is 2.71. The third kappa shape index (κ3) is 3.56. The number of aryl methyl sites for hydroxylation is 1. The molecule has 0 bridgehead atoms. The van der Waals surface area contributed by atoms with Crippen LogP contribution in [0.5, 0.6) is 5.75 Å². The number of para-hydroxylation sites is 2. The minimum Gasteiger partial charge on any atom is -0.487 e. The van der Waals surface area contributed by atoms with Crippen molar-refractivity contribution in [2.24, 2.45) is 0 Å². The maximum Gasteiger partial charge on any atom is 0.143 e. The first kappa shape index (κ1) is 14.0. The van der Waals surface area contributed by atoms with Gasteiger partial charge in [0.2, 0.25) is 0 Å². The number of ether oxygens (including phenoxy) is 1. The van der Waals surface area contributed by atoms with E-state index in [-0.39, 0.29) is 0 Å². The summed E-state index contributed by atoms with van der Waals surface area (Å²) in [5, 5.41) is 3.39. The van der Waals surface area contributed by atoms with E-state index in [9.17, 15) is 0 Å². The predicted molar refractivity (Wildman–Crippen MR) is 87.0 cm³/mol. The number of rotatable bonds is 4. The van der Waals surface area contributed by atoms with Crippen LogP contribution in [0.15, 0.2) is 48.5 Å². The van der Waals surface area contributed by atoms with Crippen LogP contribution in [0.3, 0.4) is 0 Å². The molecular formula is C18H22N2O. The Morgan fingerprint density at radius 3 is 2.67 bits per heavy atom. The number of benzene rings is 2. The van der Waals surface area contributed by atoms with Crippen LogP contribution >= 0.6 is 0 Å². The van der Waals surface area contributed by atoms with Crippen molar-refractivity contribution >= 4 is 5.69 Å². The van der Waals surface area contributed by atoms with Gasteiger partial charge in [-0.3, -0.25) is 0 Å². The Morgan fingerprint density at radius 2 is 1.86 bits per heavy atom. The fraction of sp³-hybridized carbons (Fsp3) is 0.333. The third-order valence-electron chi connectivity index (χ3n) is 3.80. The Kier molecular flexibility index (Phi) is 4.41. The topological polar surface area (TPSA) is 24.5 Å². The van der Waals surface area contributed by atoms with Gasteiger partial charge < -0.3 is 15.0 Å². The number of piperazine rings is 1. The van der Waals surface area contributed by atoms with Crippen molar-refractivity contribution in [1.29, 1.82) is 0 Å². The molecule has 0 amide bonds. The molecule has 2 aromatic carbocycles. The Morgan fingerprint density at radius 1 is 1.05 bits per heavy atom. The highest BCUT2D eigenvalue weighted by Crippen LogP contribution is 2.28. The Balaban J connectivity index is 1.73. The minimum atomic E-state index is 0.616. The van der Waals surface area contributed by atoms with Gasteiger partial charge in [0.15, 0.2) is 0 Å². The van der Waals surface area contributed by atoms with E-state index in [2.05, 4.69) is 59.6 Å². The van der Waals surface area contributed by atoms with Crippen LogP contribution in [0.2, 0.25) is 0 Å². The largest absolute Gasteiger partial charge is 0.487 e. The van der Waals surface area contributed by atoms with E-state index in [4.69, 9.17) is 4.74 Å². The van der Waals surface area contributed by atoms with E-state index >= 15 is 0 Å². The monoisotopic (exact) mass is 282 g/mol. The normalized spacial score (nSPS) is 15.0. The molecule has 0 atom stereocenters. The molecule has 110 valence electrons. The van der Waals surface area contributed by atoms with Gasteiger partial charge in [-0.2, -0.15) is 0 Å². The summed E-state index contributed by atoms with van der Waals surface area (Å²) in [6.45, 7) is 6.86. The van der Waals surface area contributed by atoms with Crippen LogP contribution in [0, 0.1) is 6.92 Å². The zero-order valence-corrected chi connectivity index (χ0v) is 12.5. The van der Waals surface area contributed by atoms with E-state index < -0.39 is 0 Å². The van der Waals surface area contributed by atoms with Gasteiger partial charge in [-0.1, -0.05) is 42.0 Å². The lowest BCUT2D eigenvalue weighted by Crippen LogP contribution is -2.43. The summed E-state index contributed by atoms with van der Waals surface area (Å²) in [6, 6.07) is 16.8. The van der Waals surface area contributed by atoms with E-state index in [1.165, 1.54) is 16.8 Å². The number of hydrogen-bond acceptors (Lipinski definition) is 3. The van der Waals surface area contributed by atoms with Crippen LogP contribution in [0.25, 0.3) is 0 Å². The molecule has 1 aliphatic rings. The highest BCUT2D eigenvalue weighted by Gasteiger charge is 2.14. The second-order valence-electron chi connectivity index (χ2n) is 5.48. The number of hydrogen-bond donors (Lipinski definition) is 1. The first-order chi connectivity index (χ1) is 10.3. The molecule has 1 aliphatic heterocycles. The van der Waals surface area contributed by atoms with Crippen molar-refractivity contribution in [1.82, 2.24) is 5.32 Å². The molecule has 1 fully saturated rings. The summed E-state index contributed by atoms with van der Waals surface area (Å²) in [5.41, 5.74) is 3.68. The molecule has 3 heteroatoms. The van der Waals surface area contributed by atoms with Crippen LogP contribution in [-0.4, -0.2) is 26.2 Å². The van der Waals surface area contributed by atoms with Crippen molar-refractivity contribution < 1.29 is 4.74 Å². The SMILES string of the molecule is Cc1cccc(COc2ccccc2N2CCNCC2)c1. The lowest BCUT2D eigenvalue weighted by atomic mass is 10.1. The first-order valence-corrected chi connectivity index (χ1v) is 7.56. The molecule has 21 heavy (non-hydrogen) atoms. The van der Waals surface area contributed by atoms with E-state index in [0.717, 1.165) is 31.9 Å². The quantitative estimate of drug-likeness (QED) is 0.933. The highest BCUT2D eigenvalue weighted by molar-refractivity contribution is 5.58. The van der Waals surface area contributed by atoms with Crippen LogP contribution in [-0.2, 0) is 6.61 Å². The molecule has 1 heterocycles. The molecule has 1 saturated heterocycles. The van der Waals surface area contributed by atoms with Crippen molar-refractivity contribution in [2.45, 2.75) is 13.5 Å². The number of nitrogens with one attached hydrogen (secondary N) is 1. The molecule has 1 N–H and O–H groups in total. The minimum absolute atomic E-state index is 0.616. The van der Waals surface area contributed by atoms with Gasteiger partial charge in [-0.05, 0) is 24.6 Å². The molecule has 3 nitrogen and oxygen atoms in total. The summed E-state index contributed by atoms with van der Waals surface area (Å²) in [5.74, 6) is 0.973. The summed E-state index contributed by atoms with van der Waals surface area (Å²) >= 11 is 0. The second-order valence-corrected chi connectivity index (χ2v) is 5.48. The zero-order valence-electron chi connectivity index (χ0n) is 12.5. The summed E-state index contributed by atoms with van der Waals surface area (Å²) in [6.07, 6.45) is 0. The standard InChI is InChI=1S/C18H22N2O/c1-15-5-4-6-16(13-15)14-21-18-8-3-2-7-17(18)20-11-9-19-10-12-20/h2-8,13,19H,9-12,14H2,1H3. The van der Waals surface area contributed by atoms with Gasteiger partial charge in [0, 0.05) is 26.2 Å². The zero-order chi connectivity index (χ0) is 14.5. The maximum absolute atomic E-state index is 6.07. The van der Waals surface area contributed by atoms with E-state index in [0.29, 0.717) is 6.61 Å². The van der Waals surface area contributed by atoms with Crippen molar-refractivity contribution in [2.75, 3.05) is 31.1 Å². The summed E-state index contributed by atoms with van der Waals surface area (Å²) in [4.78, 5) is 2.39. The predicted octanol–water partition coefficient (Wildman–Crippen LogP) is 2.98. The van der Waals surface area contributed by atoms with Gasteiger partial charge >= 0.3 is 0 Å². The fourth-order valence-electron chi connectivity index (χ4n) is 2.71. The molecule has 0 spiro atoms. The lowest BCUT2D eigenvalue weighted by Gasteiger charge is -2.30. The van der Waals surface area contributed by atoms with Crippen LogP contribution in [0.4, 0.5) is 5.69 Å². The molecule has 0 radical (unpaired) electrons. The molecule has 2 aromatic rings. The van der Waals surface area contributed by atoms with E-state index in [1.54, 1.807) is 0 Å².